The highest BCUT2D eigenvalue weighted by molar-refractivity contribution is 6.13. The molecule has 0 radical (unpaired) electrons. The second-order valence-corrected chi connectivity index (χ2v) is 10.7. The number of primary amides is 1. The molecule has 1 aliphatic carbocycles. The van der Waals surface area contributed by atoms with Gasteiger partial charge in [0.05, 0.1) is 16.7 Å². The molecule has 1 amide bonds. The highest BCUT2D eigenvalue weighted by Crippen LogP contribution is 2.36. The first-order chi connectivity index (χ1) is 19.5. The second kappa shape index (κ2) is 12.3. The summed E-state index contributed by atoms with van der Waals surface area (Å²) >= 11 is 0. The number of carbonyl (C=O) groups excluding carboxylic acids is 1. The summed E-state index contributed by atoms with van der Waals surface area (Å²) in [6, 6.07) is 22.8. The Morgan fingerprint density at radius 3 is 2.38 bits per heavy atom. The molecule has 0 saturated heterocycles. The molecule has 6 nitrogen and oxygen atoms in total. The first-order valence-electron chi connectivity index (χ1n) is 14.2. The van der Waals surface area contributed by atoms with Crippen LogP contribution in [0.3, 0.4) is 0 Å². The predicted molar refractivity (Wildman–Crippen MR) is 168 cm³/mol. The number of nitrogens with zero attached hydrogens (tertiary/aromatic N) is 2. The Hall–Kier alpha value is -4.16. The monoisotopic (exact) mass is 533 g/mol. The van der Waals surface area contributed by atoms with Gasteiger partial charge in [0, 0.05) is 52.1 Å². The number of dihydropyridines is 1. The van der Waals surface area contributed by atoms with E-state index in [4.69, 9.17) is 5.73 Å². The van der Waals surface area contributed by atoms with Crippen LogP contribution in [0.5, 0.6) is 0 Å². The molecule has 1 aliphatic heterocycles. The first-order valence-corrected chi connectivity index (χ1v) is 14.2. The largest absolute Gasteiger partial charge is 0.366 e. The fraction of sp³-hybridized carbons (Fsp3) is 0.294. The number of amides is 1. The van der Waals surface area contributed by atoms with Crippen molar-refractivity contribution in [2.75, 3.05) is 13.6 Å². The molecule has 206 valence electrons. The molecule has 0 atom stereocenters. The van der Waals surface area contributed by atoms with Gasteiger partial charge in [0.25, 0.3) is 0 Å². The Labute approximate surface area is 236 Å². The molecule has 0 bridgehead atoms. The van der Waals surface area contributed by atoms with Crippen LogP contribution in [-0.2, 0) is 0 Å². The average molecular weight is 534 g/mol. The van der Waals surface area contributed by atoms with E-state index in [0.29, 0.717) is 5.56 Å². The quantitative estimate of drug-likeness (QED) is 0.257. The minimum Gasteiger partial charge on any atom is -0.366 e. The number of allylic oxidation sites excluding steroid dienone is 1. The zero-order chi connectivity index (χ0) is 28.1. The number of benzene rings is 3. The van der Waals surface area contributed by atoms with Crippen LogP contribution in [0.2, 0.25) is 0 Å². The molecule has 2 heterocycles. The maximum atomic E-state index is 11.5. The van der Waals surface area contributed by atoms with Crippen molar-refractivity contribution in [3.8, 4) is 5.69 Å². The number of rotatable bonds is 6. The smallest absolute Gasteiger partial charge is 0.248 e. The lowest BCUT2D eigenvalue weighted by molar-refractivity contribution is 0.100. The van der Waals surface area contributed by atoms with Crippen molar-refractivity contribution in [2.45, 2.75) is 51.5 Å². The Morgan fingerprint density at radius 1 is 0.975 bits per heavy atom. The van der Waals surface area contributed by atoms with Gasteiger partial charge >= 0.3 is 0 Å². The van der Waals surface area contributed by atoms with Gasteiger partial charge in [0.15, 0.2) is 0 Å². The number of aliphatic imine (C=N–C) groups is 1. The molecule has 1 aromatic heterocycles. The van der Waals surface area contributed by atoms with Crippen molar-refractivity contribution in [3.05, 3.63) is 95.7 Å². The van der Waals surface area contributed by atoms with Crippen LogP contribution in [0.1, 0.15) is 61.4 Å². The van der Waals surface area contributed by atoms with Crippen molar-refractivity contribution in [2.24, 2.45) is 10.7 Å². The summed E-state index contributed by atoms with van der Waals surface area (Å²) in [5.41, 5.74) is 13.2. The summed E-state index contributed by atoms with van der Waals surface area (Å²) in [6.45, 7) is 7.32. The Kier molecular flexibility index (Phi) is 8.46. The molecule has 0 unspecified atom stereocenters. The maximum absolute atomic E-state index is 11.5. The summed E-state index contributed by atoms with van der Waals surface area (Å²) in [5, 5.41) is 9.06. The van der Waals surface area contributed by atoms with Crippen molar-refractivity contribution in [3.63, 3.8) is 0 Å². The number of fused-ring (bicyclic) bond motifs is 3. The molecule has 4 N–H and O–H groups in total. The molecule has 0 spiro atoms. The molecule has 3 aromatic carbocycles. The Bertz CT molecular complexity index is 1590. The Balaban J connectivity index is 0.000000348. The number of carbonyl (C=O) groups is 1. The topological polar surface area (TPSA) is 84.4 Å². The van der Waals surface area contributed by atoms with E-state index in [0.717, 1.165) is 63.5 Å². The van der Waals surface area contributed by atoms with E-state index in [1.807, 2.05) is 30.5 Å². The van der Waals surface area contributed by atoms with E-state index >= 15 is 0 Å². The van der Waals surface area contributed by atoms with E-state index in [1.165, 1.54) is 37.7 Å². The minimum atomic E-state index is -0.431. The van der Waals surface area contributed by atoms with Crippen LogP contribution >= 0.6 is 0 Å². The minimum absolute atomic E-state index is 0.431. The zero-order valence-corrected chi connectivity index (χ0v) is 23.5. The second-order valence-electron chi connectivity index (χ2n) is 10.7. The lowest BCUT2D eigenvalue weighted by Crippen LogP contribution is -2.26. The van der Waals surface area contributed by atoms with E-state index in [-0.39, 0.29) is 0 Å². The molecule has 4 aromatic rings. The molecule has 40 heavy (non-hydrogen) atoms. The van der Waals surface area contributed by atoms with E-state index in [2.05, 4.69) is 71.1 Å². The third kappa shape index (κ3) is 5.73. The summed E-state index contributed by atoms with van der Waals surface area (Å²) in [5.74, 6) is -0.431. The number of nitrogens with one attached hydrogen (secondary N) is 2. The van der Waals surface area contributed by atoms with Crippen LogP contribution in [0, 0.1) is 0 Å². The van der Waals surface area contributed by atoms with Crippen molar-refractivity contribution in [1.82, 2.24) is 15.2 Å². The zero-order valence-electron chi connectivity index (χ0n) is 23.5. The van der Waals surface area contributed by atoms with Crippen LogP contribution in [0.15, 0.2) is 89.6 Å². The molecular formula is C34H39N5O. The van der Waals surface area contributed by atoms with Gasteiger partial charge < -0.3 is 20.9 Å². The predicted octanol–water partition coefficient (Wildman–Crippen LogP) is 6.73. The first kappa shape index (κ1) is 27.4. The summed E-state index contributed by atoms with van der Waals surface area (Å²) < 4.78 is 2.21. The van der Waals surface area contributed by atoms with Gasteiger partial charge in [-0.2, -0.15) is 0 Å². The molecule has 1 saturated carbocycles. The van der Waals surface area contributed by atoms with Gasteiger partial charge in [0.1, 0.15) is 0 Å². The van der Waals surface area contributed by atoms with Gasteiger partial charge in [-0.3, -0.25) is 9.79 Å². The molecule has 1 fully saturated rings. The normalized spacial score (nSPS) is 15.7. The molecule has 2 aliphatic rings. The fourth-order valence-corrected chi connectivity index (χ4v) is 5.72. The number of hydrogen-bond donors (Lipinski definition) is 3. The number of para-hydroxylation sites is 1. The van der Waals surface area contributed by atoms with Gasteiger partial charge in [0.2, 0.25) is 5.91 Å². The van der Waals surface area contributed by atoms with Gasteiger partial charge in [-0.15, -0.1) is 0 Å². The standard InChI is InChI=1S/C27H24N4O.C7H15N/c1-17-14-15-29-16-23(17)30-18(2)21-7-5-9-25-26(21)22-6-3-4-8-24(22)31(25)20-12-10-19(11-13-20)27(28)32;1-8-7-5-3-2-4-6-7/h3-13,16,30H,2,14-15H2,1H3,(H2,28,32);7-8H,2-6H2,1H3. The molecule has 6 heteroatoms. The SMILES string of the molecule is C=C(NC1=C(C)CCN=C1)c1cccc2c1c1ccccc1n2-c1ccc(C(N)=O)cc1.CNC1CCCCC1. The third-order valence-electron chi connectivity index (χ3n) is 8.03. The van der Waals surface area contributed by atoms with Crippen LogP contribution in [-0.4, -0.2) is 36.3 Å². The van der Waals surface area contributed by atoms with Crippen molar-refractivity contribution < 1.29 is 4.79 Å². The van der Waals surface area contributed by atoms with Crippen molar-refractivity contribution in [1.29, 1.82) is 0 Å². The van der Waals surface area contributed by atoms with E-state index in [1.54, 1.807) is 12.1 Å². The lowest BCUT2D eigenvalue weighted by Gasteiger charge is -2.20. The highest BCUT2D eigenvalue weighted by atomic mass is 16.1. The average Bonchev–Trinajstić information content (AvgIpc) is 3.33. The third-order valence-corrected chi connectivity index (χ3v) is 8.03. The van der Waals surface area contributed by atoms with Gasteiger partial charge in [-0.1, -0.05) is 56.2 Å². The summed E-state index contributed by atoms with van der Waals surface area (Å²) in [7, 11) is 2.07. The van der Waals surface area contributed by atoms with E-state index < -0.39 is 5.91 Å². The van der Waals surface area contributed by atoms with Gasteiger partial charge in [-0.25, -0.2) is 0 Å². The van der Waals surface area contributed by atoms with Crippen LogP contribution < -0.4 is 16.4 Å². The molecule has 6 rings (SSSR count). The van der Waals surface area contributed by atoms with Gasteiger partial charge in [-0.05, 0) is 75.2 Å². The fourth-order valence-electron chi connectivity index (χ4n) is 5.72. The van der Waals surface area contributed by atoms with Crippen molar-refractivity contribution >= 4 is 39.6 Å². The number of hydrogen-bond acceptors (Lipinski definition) is 4. The lowest BCUT2D eigenvalue weighted by atomic mass is 9.96. The molecular weight excluding hydrogens is 494 g/mol. The number of aromatic nitrogens is 1. The Morgan fingerprint density at radius 2 is 1.70 bits per heavy atom. The highest BCUT2D eigenvalue weighted by Gasteiger charge is 2.17. The maximum Gasteiger partial charge on any atom is 0.248 e. The van der Waals surface area contributed by atoms with Crippen LogP contribution in [0.4, 0.5) is 0 Å². The summed E-state index contributed by atoms with van der Waals surface area (Å²) in [4.78, 5) is 15.9. The summed E-state index contributed by atoms with van der Waals surface area (Å²) in [6.07, 6.45) is 9.98. The van der Waals surface area contributed by atoms with Crippen LogP contribution in [0.25, 0.3) is 33.2 Å². The van der Waals surface area contributed by atoms with E-state index in [9.17, 15) is 4.79 Å². The number of nitrogens with two attached hydrogens (primary N) is 1.